The zero-order valence-electron chi connectivity index (χ0n) is 9.72. The molecule has 2 aromatic rings. The number of benzene rings is 2. The summed E-state index contributed by atoms with van der Waals surface area (Å²) in [6, 6.07) is 11.6. The Kier molecular flexibility index (Phi) is 4.38. The maximum absolute atomic E-state index is 10.8. The topological polar surface area (TPSA) is 69.2 Å². The van der Waals surface area contributed by atoms with Crippen LogP contribution in [0.5, 0.6) is 0 Å². The summed E-state index contributed by atoms with van der Waals surface area (Å²) >= 11 is 8.09. The third-order valence-corrected chi connectivity index (χ3v) is 3.92. The summed E-state index contributed by atoms with van der Waals surface area (Å²) in [6.45, 7) is 0. The lowest BCUT2D eigenvalue weighted by Crippen LogP contribution is -2.13. The third-order valence-electron chi connectivity index (χ3n) is 2.72. The molecule has 2 N–H and O–H groups in total. The van der Waals surface area contributed by atoms with Crippen molar-refractivity contribution in [2.45, 2.75) is 6.04 Å². The number of non-ortho nitro benzene ring substituents is 1. The molecule has 0 amide bonds. The van der Waals surface area contributed by atoms with Crippen LogP contribution in [0.3, 0.4) is 0 Å². The second-order valence-electron chi connectivity index (χ2n) is 4.00. The van der Waals surface area contributed by atoms with Gasteiger partial charge in [0.1, 0.15) is 0 Å². The van der Waals surface area contributed by atoms with Crippen LogP contribution in [0.2, 0.25) is 5.02 Å². The van der Waals surface area contributed by atoms with Gasteiger partial charge in [-0.3, -0.25) is 10.1 Å². The van der Waals surface area contributed by atoms with Crippen LogP contribution >= 0.6 is 34.2 Å². The van der Waals surface area contributed by atoms with Crippen LogP contribution in [0.4, 0.5) is 5.69 Å². The van der Waals surface area contributed by atoms with Crippen LogP contribution in [-0.4, -0.2) is 4.92 Å². The monoisotopic (exact) mass is 388 g/mol. The molecule has 0 aliphatic carbocycles. The molecule has 2 aromatic carbocycles. The van der Waals surface area contributed by atoms with E-state index in [1.165, 1.54) is 12.1 Å². The van der Waals surface area contributed by atoms with Crippen molar-refractivity contribution >= 4 is 39.9 Å². The number of halogens is 2. The molecule has 0 bridgehead atoms. The second kappa shape index (κ2) is 5.85. The van der Waals surface area contributed by atoms with Gasteiger partial charge in [-0.15, -0.1) is 0 Å². The van der Waals surface area contributed by atoms with E-state index in [0.717, 1.165) is 9.13 Å². The number of nitrogens with zero attached hydrogens (tertiary/aromatic N) is 1. The van der Waals surface area contributed by atoms with Gasteiger partial charge in [-0.2, -0.15) is 0 Å². The van der Waals surface area contributed by atoms with E-state index in [0.29, 0.717) is 10.6 Å². The SMILES string of the molecule is NC(c1cc(Cl)cc([N+](=O)[O-])c1)c1ccccc1I. The molecule has 98 valence electrons. The fraction of sp³-hybridized carbons (Fsp3) is 0.0769. The highest BCUT2D eigenvalue weighted by molar-refractivity contribution is 14.1. The lowest BCUT2D eigenvalue weighted by atomic mass is 9.99. The summed E-state index contributed by atoms with van der Waals surface area (Å²) in [5.74, 6) is 0. The average molecular weight is 389 g/mol. The Morgan fingerprint density at radius 3 is 2.58 bits per heavy atom. The summed E-state index contributed by atoms with van der Waals surface area (Å²) in [6.07, 6.45) is 0. The van der Waals surface area contributed by atoms with E-state index in [1.807, 2.05) is 24.3 Å². The lowest BCUT2D eigenvalue weighted by molar-refractivity contribution is -0.384. The molecule has 1 atom stereocenters. The van der Waals surface area contributed by atoms with Crippen molar-refractivity contribution in [1.29, 1.82) is 0 Å². The van der Waals surface area contributed by atoms with E-state index in [1.54, 1.807) is 6.07 Å². The van der Waals surface area contributed by atoms with Gasteiger partial charge in [0.05, 0.1) is 11.0 Å². The molecule has 0 spiro atoms. The van der Waals surface area contributed by atoms with Crippen LogP contribution in [0.25, 0.3) is 0 Å². The smallest absolute Gasteiger partial charge is 0.271 e. The molecule has 0 heterocycles. The van der Waals surface area contributed by atoms with Crippen molar-refractivity contribution in [3.63, 3.8) is 0 Å². The van der Waals surface area contributed by atoms with E-state index < -0.39 is 11.0 Å². The summed E-state index contributed by atoms with van der Waals surface area (Å²) in [5, 5.41) is 11.1. The highest BCUT2D eigenvalue weighted by Crippen LogP contribution is 2.29. The zero-order valence-corrected chi connectivity index (χ0v) is 12.6. The molecule has 0 radical (unpaired) electrons. The van der Waals surface area contributed by atoms with Gasteiger partial charge in [-0.25, -0.2) is 0 Å². The minimum Gasteiger partial charge on any atom is -0.320 e. The number of hydrogen-bond donors (Lipinski definition) is 1. The number of hydrogen-bond acceptors (Lipinski definition) is 3. The van der Waals surface area contributed by atoms with E-state index in [9.17, 15) is 10.1 Å². The molecule has 0 aliphatic heterocycles. The molecule has 19 heavy (non-hydrogen) atoms. The quantitative estimate of drug-likeness (QED) is 0.492. The third kappa shape index (κ3) is 3.23. The highest BCUT2D eigenvalue weighted by Gasteiger charge is 2.16. The molecular weight excluding hydrogens is 379 g/mol. The number of nitro groups is 1. The first kappa shape index (κ1) is 14.2. The van der Waals surface area contributed by atoms with Crippen molar-refractivity contribution in [3.8, 4) is 0 Å². The zero-order chi connectivity index (χ0) is 14.0. The molecule has 0 aromatic heterocycles. The molecule has 6 heteroatoms. The summed E-state index contributed by atoms with van der Waals surface area (Å²) in [7, 11) is 0. The van der Waals surface area contributed by atoms with E-state index >= 15 is 0 Å². The molecule has 2 rings (SSSR count). The lowest BCUT2D eigenvalue weighted by Gasteiger charge is -2.14. The molecule has 1 unspecified atom stereocenters. The van der Waals surface area contributed by atoms with Crippen molar-refractivity contribution in [2.75, 3.05) is 0 Å². The van der Waals surface area contributed by atoms with Crippen LogP contribution < -0.4 is 5.73 Å². The first-order valence-electron chi connectivity index (χ1n) is 5.44. The van der Waals surface area contributed by atoms with E-state index in [-0.39, 0.29) is 5.69 Å². The number of nitrogens with two attached hydrogens (primary N) is 1. The van der Waals surface area contributed by atoms with Gasteiger partial charge in [-0.1, -0.05) is 29.8 Å². The van der Waals surface area contributed by atoms with Gasteiger partial charge >= 0.3 is 0 Å². The molecular formula is C13H10ClIN2O2. The van der Waals surface area contributed by atoms with Crippen molar-refractivity contribution < 1.29 is 4.92 Å². The van der Waals surface area contributed by atoms with Crippen molar-refractivity contribution in [2.24, 2.45) is 5.73 Å². The molecule has 0 saturated carbocycles. The predicted octanol–water partition coefficient (Wildman–Crippen LogP) is 3.90. The van der Waals surface area contributed by atoms with Crippen molar-refractivity contribution in [1.82, 2.24) is 0 Å². The van der Waals surface area contributed by atoms with E-state index in [4.69, 9.17) is 17.3 Å². The maximum atomic E-state index is 10.8. The minimum atomic E-state index is -0.474. The standard InChI is InChI=1S/C13H10ClIN2O2/c14-9-5-8(6-10(7-9)17(18)19)13(16)11-3-1-2-4-12(11)15/h1-7,13H,16H2. The fourth-order valence-electron chi connectivity index (χ4n) is 1.79. The number of rotatable bonds is 3. The van der Waals surface area contributed by atoms with Gasteiger partial charge < -0.3 is 5.73 Å². The van der Waals surface area contributed by atoms with Gasteiger partial charge in [-0.05, 0) is 45.9 Å². The van der Waals surface area contributed by atoms with Gasteiger partial charge in [0.25, 0.3) is 5.69 Å². The Hall–Kier alpha value is -1.18. The first-order valence-corrected chi connectivity index (χ1v) is 6.89. The van der Waals surface area contributed by atoms with Gasteiger partial charge in [0.15, 0.2) is 0 Å². The van der Waals surface area contributed by atoms with Crippen LogP contribution in [0, 0.1) is 13.7 Å². The Labute approximate surface area is 128 Å². The summed E-state index contributed by atoms with van der Waals surface area (Å²) < 4.78 is 1.01. The van der Waals surface area contributed by atoms with Crippen LogP contribution in [0.1, 0.15) is 17.2 Å². The highest BCUT2D eigenvalue weighted by atomic mass is 127. The Morgan fingerprint density at radius 2 is 1.95 bits per heavy atom. The van der Waals surface area contributed by atoms with E-state index in [2.05, 4.69) is 22.6 Å². The van der Waals surface area contributed by atoms with Crippen LogP contribution in [0.15, 0.2) is 42.5 Å². The summed E-state index contributed by atoms with van der Waals surface area (Å²) in [4.78, 5) is 10.4. The largest absolute Gasteiger partial charge is 0.320 e. The predicted molar refractivity (Wildman–Crippen MR) is 83.3 cm³/mol. The Morgan fingerprint density at radius 1 is 1.26 bits per heavy atom. The molecule has 4 nitrogen and oxygen atoms in total. The van der Waals surface area contributed by atoms with Crippen LogP contribution in [-0.2, 0) is 0 Å². The molecule has 0 fully saturated rings. The minimum absolute atomic E-state index is 0.0520. The van der Waals surface area contributed by atoms with Gasteiger partial charge in [0.2, 0.25) is 0 Å². The second-order valence-corrected chi connectivity index (χ2v) is 5.60. The maximum Gasteiger partial charge on any atom is 0.271 e. The van der Waals surface area contributed by atoms with Gasteiger partial charge in [0, 0.05) is 20.7 Å². The average Bonchev–Trinajstić information content (AvgIpc) is 2.37. The molecule has 0 saturated heterocycles. The van der Waals surface area contributed by atoms with Crippen molar-refractivity contribution in [3.05, 3.63) is 72.3 Å². The first-order chi connectivity index (χ1) is 8.99. The summed E-state index contributed by atoms with van der Waals surface area (Å²) in [5.41, 5.74) is 7.66. The normalized spacial score (nSPS) is 12.2. The fourth-order valence-corrected chi connectivity index (χ4v) is 2.75. The number of nitro benzene ring substituents is 1. The Balaban J connectivity index is 2.47. The Bertz CT molecular complexity index is 634. The molecule has 0 aliphatic rings.